The van der Waals surface area contributed by atoms with Gasteiger partial charge in [0.1, 0.15) is 6.26 Å². The van der Waals surface area contributed by atoms with E-state index < -0.39 is 0 Å². The summed E-state index contributed by atoms with van der Waals surface area (Å²) in [7, 11) is 0. The highest BCUT2D eigenvalue weighted by Gasteiger charge is 2.07. The summed E-state index contributed by atoms with van der Waals surface area (Å²) < 4.78 is 4.72. The second-order valence-corrected chi connectivity index (χ2v) is 2.55. The average molecular weight is 176 g/mol. The molecule has 4 heteroatoms. The first kappa shape index (κ1) is 7.82. The largest absolute Gasteiger partial charge is 0.362 e. The van der Waals surface area contributed by atoms with Gasteiger partial charge in [-0.15, -0.1) is 0 Å². The molecule has 0 amide bonds. The third-order valence-corrected chi connectivity index (χ3v) is 1.76. The van der Waals surface area contributed by atoms with Crippen molar-refractivity contribution < 1.29 is 9.73 Å². The zero-order chi connectivity index (χ0) is 9.10. The molecular formula is C9H8N2O2. The minimum atomic E-state index is 0.325. The maximum Gasteiger partial charge on any atom is 0.200 e. The Morgan fingerprint density at radius 2 is 2.00 bits per heavy atom. The summed E-state index contributed by atoms with van der Waals surface area (Å²) in [6, 6.07) is 9.55. The molecule has 0 aliphatic carbocycles. The maximum absolute atomic E-state index is 8.70. The molecule has 66 valence electrons. The van der Waals surface area contributed by atoms with E-state index in [0.29, 0.717) is 5.82 Å². The number of anilines is 1. The molecule has 1 aromatic carbocycles. The predicted molar refractivity (Wildman–Crippen MR) is 47.3 cm³/mol. The van der Waals surface area contributed by atoms with Gasteiger partial charge in [0.15, 0.2) is 0 Å². The van der Waals surface area contributed by atoms with Gasteiger partial charge in [-0.3, -0.25) is 5.21 Å². The fraction of sp³-hybridized carbons (Fsp3) is 0. The molecule has 0 spiro atoms. The average Bonchev–Trinajstić information content (AvgIpc) is 2.67. The highest BCUT2D eigenvalue weighted by atomic mass is 16.5. The van der Waals surface area contributed by atoms with Gasteiger partial charge in [0, 0.05) is 0 Å². The monoisotopic (exact) mass is 176 g/mol. The third-order valence-electron chi connectivity index (χ3n) is 1.76. The molecule has 0 aliphatic heterocycles. The van der Waals surface area contributed by atoms with Crippen LogP contribution < -0.4 is 5.48 Å². The van der Waals surface area contributed by atoms with Crippen molar-refractivity contribution >= 4 is 5.82 Å². The lowest BCUT2D eigenvalue weighted by molar-refractivity contribution is 0.368. The van der Waals surface area contributed by atoms with Crippen molar-refractivity contribution in [2.45, 2.75) is 0 Å². The van der Waals surface area contributed by atoms with Crippen LogP contribution in [-0.4, -0.2) is 10.4 Å². The third kappa shape index (κ3) is 1.39. The number of hydrogen-bond donors (Lipinski definition) is 2. The number of aromatic nitrogens is 1. The van der Waals surface area contributed by atoms with Gasteiger partial charge in [-0.1, -0.05) is 35.5 Å². The van der Waals surface area contributed by atoms with Crippen LogP contribution in [0.1, 0.15) is 0 Å². The van der Waals surface area contributed by atoms with Crippen LogP contribution in [0.15, 0.2) is 41.1 Å². The number of rotatable bonds is 2. The van der Waals surface area contributed by atoms with E-state index in [1.807, 2.05) is 35.8 Å². The van der Waals surface area contributed by atoms with Gasteiger partial charge in [-0.05, 0) is 5.56 Å². The molecule has 0 saturated carbocycles. The van der Waals surface area contributed by atoms with E-state index in [-0.39, 0.29) is 0 Å². The van der Waals surface area contributed by atoms with Gasteiger partial charge in [-0.2, -0.15) is 0 Å². The van der Waals surface area contributed by atoms with Crippen LogP contribution in [0, 0.1) is 0 Å². The van der Waals surface area contributed by atoms with Gasteiger partial charge in [0.25, 0.3) is 0 Å². The van der Waals surface area contributed by atoms with Crippen LogP contribution >= 0.6 is 0 Å². The number of nitrogens with one attached hydrogen (secondary N) is 1. The molecule has 0 bridgehead atoms. The van der Waals surface area contributed by atoms with E-state index in [1.165, 1.54) is 6.26 Å². The van der Waals surface area contributed by atoms with E-state index >= 15 is 0 Å². The zero-order valence-corrected chi connectivity index (χ0v) is 6.77. The number of nitrogens with zero attached hydrogens (tertiary/aromatic N) is 1. The van der Waals surface area contributed by atoms with Gasteiger partial charge < -0.3 is 4.52 Å². The zero-order valence-electron chi connectivity index (χ0n) is 6.77. The highest BCUT2D eigenvalue weighted by molar-refractivity contribution is 5.73. The smallest absolute Gasteiger partial charge is 0.200 e. The quantitative estimate of drug-likeness (QED) is 0.688. The first-order valence-electron chi connectivity index (χ1n) is 3.81. The Balaban J connectivity index is 2.47. The maximum atomic E-state index is 8.70. The van der Waals surface area contributed by atoms with Crippen molar-refractivity contribution in [2.75, 3.05) is 5.48 Å². The molecule has 13 heavy (non-hydrogen) atoms. The van der Waals surface area contributed by atoms with Crippen LogP contribution in [0.25, 0.3) is 11.1 Å². The lowest BCUT2D eigenvalue weighted by Crippen LogP contribution is -1.90. The van der Waals surface area contributed by atoms with E-state index in [0.717, 1.165) is 11.1 Å². The first-order chi connectivity index (χ1) is 6.42. The second kappa shape index (κ2) is 3.28. The Morgan fingerprint density at radius 3 is 2.69 bits per heavy atom. The van der Waals surface area contributed by atoms with Crippen LogP contribution in [-0.2, 0) is 0 Å². The molecule has 0 aliphatic rings. The van der Waals surface area contributed by atoms with Gasteiger partial charge >= 0.3 is 0 Å². The SMILES string of the molecule is ONc1nocc1-c1ccccc1. The highest BCUT2D eigenvalue weighted by Crippen LogP contribution is 2.25. The van der Waals surface area contributed by atoms with Crippen molar-refractivity contribution in [3.05, 3.63) is 36.6 Å². The topological polar surface area (TPSA) is 58.3 Å². The van der Waals surface area contributed by atoms with Crippen LogP contribution in [0.4, 0.5) is 5.82 Å². The molecular weight excluding hydrogens is 168 g/mol. The fourth-order valence-corrected chi connectivity index (χ4v) is 1.14. The summed E-state index contributed by atoms with van der Waals surface area (Å²) >= 11 is 0. The summed E-state index contributed by atoms with van der Waals surface area (Å²) in [6.45, 7) is 0. The molecule has 2 rings (SSSR count). The van der Waals surface area contributed by atoms with E-state index in [9.17, 15) is 0 Å². The van der Waals surface area contributed by atoms with Crippen molar-refractivity contribution in [3.8, 4) is 11.1 Å². The molecule has 4 nitrogen and oxygen atoms in total. The Kier molecular flexibility index (Phi) is 1.97. The lowest BCUT2D eigenvalue weighted by atomic mass is 10.1. The number of hydrogen-bond acceptors (Lipinski definition) is 4. The summed E-state index contributed by atoms with van der Waals surface area (Å²) in [5.74, 6) is 0.325. The standard InChI is InChI=1S/C9H8N2O2/c12-10-9-8(6-13-11-9)7-4-2-1-3-5-7/h1-6,12H,(H,10,11). The molecule has 0 atom stereocenters. The first-order valence-corrected chi connectivity index (χ1v) is 3.81. The van der Waals surface area contributed by atoms with Crippen molar-refractivity contribution in [1.82, 2.24) is 5.16 Å². The van der Waals surface area contributed by atoms with E-state index in [1.54, 1.807) is 0 Å². The second-order valence-electron chi connectivity index (χ2n) is 2.55. The van der Waals surface area contributed by atoms with E-state index in [2.05, 4.69) is 5.16 Å². The number of benzene rings is 1. The minimum Gasteiger partial charge on any atom is -0.362 e. The normalized spacial score (nSPS) is 9.92. The Morgan fingerprint density at radius 1 is 1.23 bits per heavy atom. The molecule has 2 aromatic rings. The Bertz CT molecular complexity index is 384. The molecule has 2 N–H and O–H groups in total. The molecule has 0 fully saturated rings. The Labute approximate surface area is 74.8 Å². The Hall–Kier alpha value is -1.81. The van der Waals surface area contributed by atoms with Gasteiger partial charge in [0.2, 0.25) is 5.82 Å². The van der Waals surface area contributed by atoms with Crippen LogP contribution in [0.5, 0.6) is 0 Å². The minimum absolute atomic E-state index is 0.325. The molecule has 0 saturated heterocycles. The van der Waals surface area contributed by atoms with Gasteiger partial charge in [0.05, 0.1) is 5.56 Å². The summed E-state index contributed by atoms with van der Waals surface area (Å²) in [5.41, 5.74) is 3.65. The van der Waals surface area contributed by atoms with Crippen molar-refractivity contribution in [1.29, 1.82) is 0 Å². The van der Waals surface area contributed by atoms with E-state index in [4.69, 9.17) is 9.73 Å². The fourth-order valence-electron chi connectivity index (χ4n) is 1.14. The lowest BCUT2D eigenvalue weighted by Gasteiger charge is -1.97. The molecule has 1 aromatic heterocycles. The summed E-state index contributed by atoms with van der Waals surface area (Å²) in [4.78, 5) is 0. The molecule has 0 unspecified atom stereocenters. The van der Waals surface area contributed by atoms with Crippen LogP contribution in [0.3, 0.4) is 0 Å². The van der Waals surface area contributed by atoms with Crippen molar-refractivity contribution in [3.63, 3.8) is 0 Å². The summed E-state index contributed by atoms with van der Waals surface area (Å²) in [5, 5.41) is 12.3. The molecule has 0 radical (unpaired) electrons. The van der Waals surface area contributed by atoms with Crippen LogP contribution in [0.2, 0.25) is 0 Å². The summed E-state index contributed by atoms with van der Waals surface area (Å²) in [6.07, 6.45) is 1.48. The predicted octanol–water partition coefficient (Wildman–Crippen LogP) is 2.14. The molecule has 1 heterocycles. The van der Waals surface area contributed by atoms with Gasteiger partial charge in [-0.25, -0.2) is 5.48 Å². The van der Waals surface area contributed by atoms with Crippen molar-refractivity contribution in [2.24, 2.45) is 0 Å².